The van der Waals surface area contributed by atoms with E-state index in [0.29, 0.717) is 36.8 Å². The van der Waals surface area contributed by atoms with Crippen molar-refractivity contribution in [2.75, 3.05) is 19.8 Å². The summed E-state index contributed by atoms with van der Waals surface area (Å²) in [5.41, 5.74) is -0.701. The maximum Gasteiger partial charge on any atom is 0.326 e. The molecule has 1 saturated heterocycles. The van der Waals surface area contributed by atoms with Crippen molar-refractivity contribution in [3.8, 4) is 11.5 Å². The summed E-state index contributed by atoms with van der Waals surface area (Å²) < 4.78 is 11.3. The third-order valence-electron chi connectivity index (χ3n) is 4.66. The Morgan fingerprint density at radius 2 is 2.00 bits per heavy atom. The quantitative estimate of drug-likeness (QED) is 0.784. The van der Waals surface area contributed by atoms with E-state index in [9.17, 15) is 14.4 Å². The molecule has 0 aliphatic carbocycles. The van der Waals surface area contributed by atoms with E-state index in [1.807, 2.05) is 0 Å². The summed E-state index contributed by atoms with van der Waals surface area (Å²) in [6, 6.07) is 3.68. The Bertz CT molecular complexity index is 750. The minimum absolute atomic E-state index is 0.376. The first kappa shape index (κ1) is 18.0. The van der Waals surface area contributed by atoms with E-state index in [1.54, 1.807) is 32.0 Å². The average molecular weight is 361 g/mol. The fourth-order valence-corrected chi connectivity index (χ4v) is 3.12. The van der Waals surface area contributed by atoms with Crippen LogP contribution in [0.4, 0.5) is 4.79 Å². The number of carbonyl (C=O) groups excluding carboxylic acids is 3. The first-order chi connectivity index (χ1) is 12.4. The van der Waals surface area contributed by atoms with Gasteiger partial charge in [-0.3, -0.25) is 9.59 Å². The van der Waals surface area contributed by atoms with Crippen LogP contribution in [0.5, 0.6) is 11.5 Å². The molecule has 2 aliphatic rings. The zero-order chi connectivity index (χ0) is 18.9. The lowest BCUT2D eigenvalue weighted by Crippen LogP contribution is -2.49. The number of amides is 4. The predicted molar refractivity (Wildman–Crippen MR) is 92.9 cm³/mol. The lowest BCUT2D eigenvalue weighted by Gasteiger charge is -2.25. The number of nitrogens with zero attached hydrogens (tertiary/aromatic N) is 1. The monoisotopic (exact) mass is 361 g/mol. The van der Waals surface area contributed by atoms with E-state index in [0.717, 1.165) is 11.3 Å². The van der Waals surface area contributed by atoms with Crippen LogP contribution in [0.3, 0.4) is 0 Å². The van der Waals surface area contributed by atoms with Crippen molar-refractivity contribution in [1.29, 1.82) is 0 Å². The molecular weight excluding hydrogens is 338 g/mol. The van der Waals surface area contributed by atoms with Crippen LogP contribution in [-0.4, -0.2) is 48.5 Å². The van der Waals surface area contributed by atoms with E-state index in [-0.39, 0.29) is 5.91 Å². The van der Waals surface area contributed by atoms with Gasteiger partial charge in [-0.05, 0) is 38.5 Å². The van der Waals surface area contributed by atoms with Crippen molar-refractivity contribution in [3.05, 3.63) is 23.8 Å². The van der Waals surface area contributed by atoms with E-state index < -0.39 is 23.5 Å². The van der Waals surface area contributed by atoms with Crippen molar-refractivity contribution in [1.82, 2.24) is 15.5 Å². The Balaban J connectivity index is 1.91. The van der Waals surface area contributed by atoms with E-state index >= 15 is 0 Å². The number of urea groups is 1. The smallest absolute Gasteiger partial charge is 0.326 e. The summed E-state index contributed by atoms with van der Waals surface area (Å²) in [7, 11) is 0. The van der Waals surface area contributed by atoms with Gasteiger partial charge >= 0.3 is 6.03 Å². The van der Waals surface area contributed by atoms with Crippen LogP contribution in [-0.2, 0) is 15.1 Å². The number of hydrogen-bond donors (Lipinski definition) is 2. The second-order valence-corrected chi connectivity index (χ2v) is 6.51. The Kier molecular flexibility index (Phi) is 4.76. The van der Waals surface area contributed by atoms with E-state index in [1.165, 1.54) is 6.92 Å². The molecule has 26 heavy (non-hydrogen) atoms. The number of benzene rings is 1. The van der Waals surface area contributed by atoms with Gasteiger partial charge in [0.1, 0.15) is 11.6 Å². The molecule has 2 N–H and O–H groups in total. The molecule has 0 aromatic heterocycles. The number of likely N-dealkylation sites (N-methyl/N-ethyl adjacent to an activating group) is 1. The Morgan fingerprint density at radius 3 is 2.69 bits per heavy atom. The average Bonchev–Trinajstić information content (AvgIpc) is 2.78. The first-order valence-corrected chi connectivity index (χ1v) is 8.72. The number of fused-ring (bicyclic) bond motifs is 1. The molecule has 2 aliphatic heterocycles. The molecular formula is C18H23N3O5. The van der Waals surface area contributed by atoms with Gasteiger partial charge in [-0.25, -0.2) is 9.69 Å². The fourth-order valence-electron chi connectivity index (χ4n) is 3.12. The zero-order valence-electron chi connectivity index (χ0n) is 15.1. The van der Waals surface area contributed by atoms with Crippen LogP contribution < -0.4 is 20.1 Å². The Labute approximate surface area is 151 Å². The molecule has 8 nitrogen and oxygen atoms in total. The number of carbonyl (C=O) groups is 3. The van der Waals surface area contributed by atoms with Gasteiger partial charge in [0.2, 0.25) is 5.91 Å². The molecule has 0 bridgehead atoms. The van der Waals surface area contributed by atoms with Crippen LogP contribution in [0.15, 0.2) is 18.2 Å². The SMILES string of the molecule is CCNC(=O)C(C)N1C(=O)NC(C)(c2ccc3c(c2)OCCCO3)C1=O. The van der Waals surface area contributed by atoms with Crippen molar-refractivity contribution >= 4 is 17.8 Å². The topological polar surface area (TPSA) is 97.0 Å². The molecule has 4 amide bonds. The third kappa shape index (κ3) is 2.95. The van der Waals surface area contributed by atoms with Gasteiger partial charge in [-0.2, -0.15) is 0 Å². The van der Waals surface area contributed by atoms with Crippen LogP contribution in [0.2, 0.25) is 0 Å². The van der Waals surface area contributed by atoms with Crippen LogP contribution in [0, 0.1) is 0 Å². The number of ether oxygens (including phenoxy) is 2. The van der Waals surface area contributed by atoms with E-state index in [2.05, 4.69) is 10.6 Å². The Hall–Kier alpha value is -2.77. The number of hydrogen-bond acceptors (Lipinski definition) is 5. The number of rotatable bonds is 4. The zero-order valence-corrected chi connectivity index (χ0v) is 15.1. The molecule has 2 atom stereocenters. The molecule has 140 valence electrons. The number of nitrogens with one attached hydrogen (secondary N) is 2. The summed E-state index contributed by atoms with van der Waals surface area (Å²) in [5.74, 6) is 0.298. The molecule has 0 radical (unpaired) electrons. The lowest BCUT2D eigenvalue weighted by molar-refractivity contribution is -0.137. The molecule has 1 aromatic rings. The largest absolute Gasteiger partial charge is 0.490 e. The molecule has 2 unspecified atom stereocenters. The first-order valence-electron chi connectivity index (χ1n) is 8.72. The maximum atomic E-state index is 13.0. The predicted octanol–water partition coefficient (Wildman–Crippen LogP) is 1.14. The summed E-state index contributed by atoms with van der Waals surface area (Å²) >= 11 is 0. The lowest BCUT2D eigenvalue weighted by atomic mass is 9.91. The highest BCUT2D eigenvalue weighted by atomic mass is 16.5. The standard InChI is InChI=1S/C18H23N3O5/c1-4-19-15(22)11(2)21-16(23)18(3,20-17(21)24)12-6-7-13-14(10-12)26-9-5-8-25-13/h6-7,10-11H,4-5,8-9H2,1-3H3,(H,19,22)(H,20,24). The van der Waals surface area contributed by atoms with Crippen LogP contribution in [0.25, 0.3) is 0 Å². The van der Waals surface area contributed by atoms with Gasteiger partial charge < -0.3 is 20.1 Å². The number of imide groups is 1. The molecule has 1 fully saturated rings. The van der Waals surface area contributed by atoms with Crippen molar-refractivity contribution in [3.63, 3.8) is 0 Å². The minimum atomic E-state index is -1.28. The minimum Gasteiger partial charge on any atom is -0.490 e. The van der Waals surface area contributed by atoms with Gasteiger partial charge in [0.25, 0.3) is 5.91 Å². The second-order valence-electron chi connectivity index (χ2n) is 6.51. The summed E-state index contributed by atoms with van der Waals surface area (Å²) in [6.45, 7) is 6.44. The third-order valence-corrected chi connectivity index (χ3v) is 4.66. The van der Waals surface area contributed by atoms with E-state index in [4.69, 9.17) is 9.47 Å². The van der Waals surface area contributed by atoms with Crippen LogP contribution in [0.1, 0.15) is 32.8 Å². The van der Waals surface area contributed by atoms with Gasteiger partial charge in [0, 0.05) is 13.0 Å². The molecule has 8 heteroatoms. The molecule has 2 heterocycles. The van der Waals surface area contributed by atoms with Gasteiger partial charge in [0.05, 0.1) is 13.2 Å². The van der Waals surface area contributed by atoms with Gasteiger partial charge in [-0.1, -0.05) is 6.07 Å². The molecule has 3 rings (SSSR count). The summed E-state index contributed by atoms with van der Waals surface area (Å²) in [5, 5.41) is 5.34. The Morgan fingerprint density at radius 1 is 1.31 bits per heavy atom. The van der Waals surface area contributed by atoms with Gasteiger partial charge in [-0.15, -0.1) is 0 Å². The summed E-state index contributed by atoms with van der Waals surface area (Å²) in [6.07, 6.45) is 0.773. The van der Waals surface area contributed by atoms with Crippen molar-refractivity contribution in [2.45, 2.75) is 38.8 Å². The normalized spacial score (nSPS) is 23.3. The van der Waals surface area contributed by atoms with Crippen LogP contribution >= 0.6 is 0 Å². The molecule has 1 aromatic carbocycles. The highest BCUT2D eigenvalue weighted by Crippen LogP contribution is 2.37. The van der Waals surface area contributed by atoms with Crippen molar-refractivity contribution < 1.29 is 23.9 Å². The molecule has 0 spiro atoms. The summed E-state index contributed by atoms with van der Waals surface area (Å²) in [4.78, 5) is 38.5. The van der Waals surface area contributed by atoms with Gasteiger partial charge in [0.15, 0.2) is 11.5 Å². The second kappa shape index (κ2) is 6.86. The fraction of sp³-hybridized carbons (Fsp3) is 0.500. The highest BCUT2D eigenvalue weighted by Gasteiger charge is 2.52. The maximum absolute atomic E-state index is 13.0. The van der Waals surface area contributed by atoms with Crippen molar-refractivity contribution in [2.24, 2.45) is 0 Å². The highest BCUT2D eigenvalue weighted by molar-refractivity contribution is 6.10. The molecule has 0 saturated carbocycles.